The van der Waals surface area contributed by atoms with Crippen molar-refractivity contribution in [2.75, 3.05) is 6.54 Å². The molecule has 0 aliphatic carbocycles. The van der Waals surface area contributed by atoms with Crippen LogP contribution in [0.5, 0.6) is 0 Å². The predicted molar refractivity (Wildman–Crippen MR) is 38.0 cm³/mol. The molecule has 0 bridgehead atoms. The molecule has 5 atom stereocenters. The van der Waals surface area contributed by atoms with Crippen LogP contribution in [0.25, 0.3) is 0 Å². The highest BCUT2D eigenvalue weighted by atomic mass is 16.6. The molecule has 0 unspecified atom stereocenters. The molecule has 0 saturated carbocycles. The number of rotatable bonds is 1. The van der Waals surface area contributed by atoms with E-state index >= 15 is 0 Å². The van der Waals surface area contributed by atoms with Crippen molar-refractivity contribution >= 4 is 0 Å². The summed E-state index contributed by atoms with van der Waals surface area (Å²) in [6.45, 7) is -0.0258. The smallest absolute Gasteiger partial charge is 0.184 e. The molecule has 1 aliphatic rings. The molecule has 0 aromatic carbocycles. The summed E-state index contributed by atoms with van der Waals surface area (Å²) in [5.41, 5.74) is 5.17. The van der Waals surface area contributed by atoms with Crippen molar-refractivity contribution in [2.24, 2.45) is 5.73 Å². The lowest BCUT2D eigenvalue weighted by molar-refractivity contribution is -0.279. The van der Waals surface area contributed by atoms with Crippen LogP contribution in [-0.2, 0) is 4.74 Å². The number of nitrogens with two attached hydrogens (primary N) is 1. The van der Waals surface area contributed by atoms with Crippen molar-refractivity contribution in [3.05, 3.63) is 0 Å². The second-order valence-electron chi connectivity index (χ2n) is 2.77. The van der Waals surface area contributed by atoms with E-state index in [0.29, 0.717) is 0 Å². The minimum atomic E-state index is -1.49. The van der Waals surface area contributed by atoms with Gasteiger partial charge in [0.25, 0.3) is 0 Å². The van der Waals surface area contributed by atoms with E-state index in [1.54, 1.807) is 0 Å². The molecule has 6 heteroatoms. The summed E-state index contributed by atoms with van der Waals surface area (Å²) in [5, 5.41) is 36.3. The van der Waals surface area contributed by atoms with Gasteiger partial charge in [0.15, 0.2) is 6.29 Å². The van der Waals surface area contributed by atoms with Gasteiger partial charge in [0, 0.05) is 6.54 Å². The monoisotopic (exact) mass is 179 g/mol. The van der Waals surface area contributed by atoms with E-state index in [4.69, 9.17) is 25.8 Å². The molecule has 0 amide bonds. The Bertz CT molecular complexity index is 150. The van der Waals surface area contributed by atoms with Crippen LogP contribution in [0.4, 0.5) is 0 Å². The summed E-state index contributed by atoms with van der Waals surface area (Å²) in [4.78, 5) is 0. The van der Waals surface area contributed by atoms with E-state index < -0.39 is 30.7 Å². The number of hydrogen-bond donors (Lipinski definition) is 5. The van der Waals surface area contributed by atoms with Crippen LogP contribution >= 0.6 is 0 Å². The van der Waals surface area contributed by atoms with Gasteiger partial charge >= 0.3 is 0 Å². The van der Waals surface area contributed by atoms with Crippen LogP contribution in [-0.4, -0.2) is 57.7 Å². The molecule has 1 rings (SSSR count). The zero-order chi connectivity index (χ0) is 9.30. The highest BCUT2D eigenvalue weighted by molar-refractivity contribution is 4.88. The number of aliphatic hydroxyl groups is 4. The third-order valence-electron chi connectivity index (χ3n) is 1.92. The summed E-state index contributed by atoms with van der Waals surface area (Å²) < 4.78 is 4.70. The molecule has 0 radical (unpaired) electrons. The van der Waals surface area contributed by atoms with Crippen molar-refractivity contribution < 1.29 is 25.2 Å². The molecule has 6 nitrogen and oxygen atoms in total. The van der Waals surface area contributed by atoms with E-state index in [9.17, 15) is 5.11 Å². The predicted octanol–water partition coefficient (Wildman–Crippen LogP) is -3.25. The van der Waals surface area contributed by atoms with Crippen molar-refractivity contribution in [1.82, 2.24) is 0 Å². The van der Waals surface area contributed by atoms with Crippen LogP contribution in [0.3, 0.4) is 0 Å². The van der Waals surface area contributed by atoms with Crippen molar-refractivity contribution in [3.63, 3.8) is 0 Å². The first-order valence-electron chi connectivity index (χ1n) is 3.65. The lowest BCUT2D eigenvalue weighted by atomic mass is 9.99. The second kappa shape index (κ2) is 3.65. The third-order valence-corrected chi connectivity index (χ3v) is 1.92. The Morgan fingerprint density at radius 3 is 2.08 bits per heavy atom. The van der Waals surface area contributed by atoms with E-state index in [2.05, 4.69) is 0 Å². The maximum absolute atomic E-state index is 9.20. The van der Waals surface area contributed by atoms with Gasteiger partial charge in [-0.05, 0) is 0 Å². The van der Waals surface area contributed by atoms with E-state index in [0.717, 1.165) is 0 Å². The topological polar surface area (TPSA) is 116 Å². The molecule has 0 spiro atoms. The summed E-state index contributed by atoms with van der Waals surface area (Å²) >= 11 is 0. The van der Waals surface area contributed by atoms with Gasteiger partial charge in [-0.2, -0.15) is 0 Å². The van der Waals surface area contributed by atoms with Crippen LogP contribution in [0.15, 0.2) is 0 Å². The average Bonchev–Trinajstić information content (AvgIpc) is 2.08. The lowest BCUT2D eigenvalue weighted by Gasteiger charge is -2.37. The molecule has 0 aromatic rings. The van der Waals surface area contributed by atoms with Crippen LogP contribution in [0, 0.1) is 0 Å². The lowest BCUT2D eigenvalue weighted by Crippen LogP contribution is -2.59. The number of ether oxygens (including phenoxy) is 1. The number of aliphatic hydroxyl groups excluding tert-OH is 4. The molecular formula is C6H13NO5. The minimum absolute atomic E-state index is 0.0258. The van der Waals surface area contributed by atoms with Gasteiger partial charge in [0.2, 0.25) is 0 Å². The first kappa shape index (κ1) is 9.85. The normalized spacial score (nSPS) is 49.2. The van der Waals surface area contributed by atoms with Gasteiger partial charge in [0.1, 0.15) is 24.4 Å². The van der Waals surface area contributed by atoms with Gasteiger partial charge in [0.05, 0.1) is 0 Å². The summed E-state index contributed by atoms with van der Waals surface area (Å²) in [5.74, 6) is 0. The van der Waals surface area contributed by atoms with Crippen LogP contribution in [0.1, 0.15) is 0 Å². The van der Waals surface area contributed by atoms with Crippen molar-refractivity contribution in [2.45, 2.75) is 30.7 Å². The van der Waals surface area contributed by atoms with Gasteiger partial charge in [-0.3, -0.25) is 0 Å². The maximum Gasteiger partial charge on any atom is 0.184 e. The Morgan fingerprint density at radius 1 is 1.00 bits per heavy atom. The van der Waals surface area contributed by atoms with Gasteiger partial charge in [-0.25, -0.2) is 0 Å². The fourth-order valence-electron chi connectivity index (χ4n) is 1.13. The summed E-state index contributed by atoms with van der Waals surface area (Å²) in [6, 6.07) is 0. The van der Waals surface area contributed by atoms with Crippen molar-refractivity contribution in [3.8, 4) is 0 Å². The SMILES string of the molecule is NC[C@H]1O[C@H](O)[C@H](O)[C@H](O)[C@@H]1O. The largest absolute Gasteiger partial charge is 0.388 e. The molecule has 6 N–H and O–H groups in total. The molecule has 12 heavy (non-hydrogen) atoms. The van der Waals surface area contributed by atoms with Gasteiger partial charge in [-0.1, -0.05) is 0 Å². The first-order valence-corrected chi connectivity index (χ1v) is 3.65. The highest BCUT2D eigenvalue weighted by Crippen LogP contribution is 2.18. The maximum atomic E-state index is 9.20. The molecule has 72 valence electrons. The van der Waals surface area contributed by atoms with Crippen LogP contribution < -0.4 is 5.73 Å². The zero-order valence-corrected chi connectivity index (χ0v) is 6.37. The number of hydrogen-bond acceptors (Lipinski definition) is 6. The van der Waals surface area contributed by atoms with E-state index in [1.165, 1.54) is 0 Å². The molecule has 1 aliphatic heterocycles. The Morgan fingerprint density at radius 2 is 1.58 bits per heavy atom. The standard InChI is InChI=1S/C6H13NO5/c7-1-2-3(8)4(9)5(10)6(11)12-2/h2-6,8-11H,1,7H2/t2-,3-,4-,5-,6+/m1/s1. The highest BCUT2D eigenvalue weighted by Gasteiger charge is 2.42. The Kier molecular flexibility index (Phi) is 2.99. The van der Waals surface area contributed by atoms with Crippen LogP contribution in [0.2, 0.25) is 0 Å². The van der Waals surface area contributed by atoms with Crippen molar-refractivity contribution in [1.29, 1.82) is 0 Å². The Balaban J connectivity index is 2.63. The zero-order valence-electron chi connectivity index (χ0n) is 6.37. The fraction of sp³-hybridized carbons (Fsp3) is 1.00. The summed E-state index contributed by atoms with van der Waals surface area (Å²) in [7, 11) is 0. The van der Waals surface area contributed by atoms with Gasteiger partial charge < -0.3 is 30.9 Å². The molecule has 1 heterocycles. The molecular weight excluding hydrogens is 166 g/mol. The first-order chi connectivity index (χ1) is 5.57. The van der Waals surface area contributed by atoms with Gasteiger partial charge in [-0.15, -0.1) is 0 Å². The van der Waals surface area contributed by atoms with E-state index in [-0.39, 0.29) is 6.54 Å². The fourth-order valence-corrected chi connectivity index (χ4v) is 1.13. The molecule has 1 saturated heterocycles. The quantitative estimate of drug-likeness (QED) is 0.288. The molecule has 1 fully saturated rings. The average molecular weight is 179 g/mol. The summed E-state index contributed by atoms with van der Waals surface area (Å²) in [6.07, 6.45) is -6.48. The third kappa shape index (κ3) is 1.58. The Hall–Kier alpha value is -0.240. The second-order valence-corrected chi connectivity index (χ2v) is 2.77. The van der Waals surface area contributed by atoms with E-state index in [1.807, 2.05) is 0 Å². The Labute approximate surface area is 69.2 Å². The minimum Gasteiger partial charge on any atom is -0.388 e. The molecule has 0 aromatic heterocycles.